The molecule has 114 valence electrons. The van der Waals surface area contributed by atoms with Gasteiger partial charge in [-0.05, 0) is 45.4 Å². The maximum Gasteiger partial charge on any atom is 0.410 e. The zero-order valence-corrected chi connectivity index (χ0v) is 12.9. The molecule has 2 amide bonds. The van der Waals surface area contributed by atoms with Crippen molar-refractivity contribution in [1.82, 2.24) is 10.2 Å². The number of amides is 2. The molecule has 2 unspecified atom stereocenters. The van der Waals surface area contributed by atoms with E-state index in [0.29, 0.717) is 24.9 Å². The zero-order valence-electron chi connectivity index (χ0n) is 12.9. The Morgan fingerprint density at radius 3 is 2.15 bits per heavy atom. The fourth-order valence-corrected chi connectivity index (χ4v) is 3.38. The largest absolute Gasteiger partial charge is 0.444 e. The van der Waals surface area contributed by atoms with Crippen LogP contribution >= 0.6 is 0 Å². The molecule has 0 aromatic rings. The average molecular weight is 282 g/mol. The predicted molar refractivity (Wildman–Crippen MR) is 76.2 cm³/mol. The molecular formula is C15H26N2O3. The highest BCUT2D eigenvalue weighted by molar-refractivity contribution is 5.73. The quantitative estimate of drug-likeness (QED) is 0.801. The van der Waals surface area contributed by atoms with Gasteiger partial charge in [0.2, 0.25) is 5.91 Å². The van der Waals surface area contributed by atoms with Crippen molar-refractivity contribution < 1.29 is 14.3 Å². The van der Waals surface area contributed by atoms with Crippen molar-refractivity contribution in [3.8, 4) is 0 Å². The Morgan fingerprint density at radius 2 is 1.70 bits per heavy atom. The minimum Gasteiger partial charge on any atom is -0.444 e. The van der Waals surface area contributed by atoms with Gasteiger partial charge in [0, 0.05) is 26.1 Å². The number of rotatable bonds is 1. The molecule has 2 bridgehead atoms. The summed E-state index contributed by atoms with van der Waals surface area (Å²) in [5, 5.41) is 3.07. The standard InChI is InChI=1S/C15H26N2O3/c1-10(18)16-13-11-6-5-7-12(13)9-17(8-11)14(19)20-15(2,3)4/h11-13H,5-9H2,1-4H3,(H,16,18). The Labute approximate surface area is 121 Å². The molecule has 0 radical (unpaired) electrons. The summed E-state index contributed by atoms with van der Waals surface area (Å²) in [5.74, 6) is 0.746. The molecule has 2 rings (SSSR count). The molecule has 1 saturated heterocycles. The van der Waals surface area contributed by atoms with Crippen LogP contribution in [0.5, 0.6) is 0 Å². The summed E-state index contributed by atoms with van der Waals surface area (Å²) < 4.78 is 5.46. The van der Waals surface area contributed by atoms with Gasteiger partial charge in [-0.3, -0.25) is 4.79 Å². The van der Waals surface area contributed by atoms with Gasteiger partial charge >= 0.3 is 6.09 Å². The van der Waals surface area contributed by atoms with Crippen LogP contribution in [0.2, 0.25) is 0 Å². The Bertz CT molecular complexity index is 375. The second kappa shape index (κ2) is 5.62. The summed E-state index contributed by atoms with van der Waals surface area (Å²) in [4.78, 5) is 25.3. The third-order valence-corrected chi connectivity index (χ3v) is 4.10. The number of nitrogens with zero attached hydrogens (tertiary/aromatic N) is 1. The van der Waals surface area contributed by atoms with Gasteiger partial charge in [-0.15, -0.1) is 0 Å². The molecule has 0 aromatic heterocycles. The van der Waals surface area contributed by atoms with Crippen molar-refractivity contribution in [1.29, 1.82) is 0 Å². The topological polar surface area (TPSA) is 58.6 Å². The van der Waals surface area contributed by atoms with Crippen LogP contribution in [-0.4, -0.2) is 41.6 Å². The van der Waals surface area contributed by atoms with Crippen molar-refractivity contribution in [3.05, 3.63) is 0 Å². The number of hydrogen-bond donors (Lipinski definition) is 1. The van der Waals surface area contributed by atoms with Gasteiger partial charge in [0.1, 0.15) is 5.60 Å². The average Bonchev–Trinajstić information content (AvgIpc) is 2.24. The van der Waals surface area contributed by atoms with E-state index in [9.17, 15) is 9.59 Å². The molecule has 1 N–H and O–H groups in total. The van der Waals surface area contributed by atoms with Crippen LogP contribution in [-0.2, 0) is 9.53 Å². The molecule has 5 heteroatoms. The lowest BCUT2D eigenvalue weighted by Crippen LogP contribution is -2.59. The number of nitrogens with one attached hydrogen (secondary N) is 1. The molecule has 1 heterocycles. The Balaban J connectivity index is 2.01. The van der Waals surface area contributed by atoms with E-state index in [1.165, 1.54) is 6.42 Å². The van der Waals surface area contributed by atoms with Crippen LogP contribution in [0.25, 0.3) is 0 Å². The number of fused-ring (bicyclic) bond motifs is 2. The second-order valence-electron chi connectivity index (χ2n) is 7.06. The van der Waals surface area contributed by atoms with Gasteiger partial charge in [0.05, 0.1) is 0 Å². The fourth-order valence-electron chi connectivity index (χ4n) is 3.38. The van der Waals surface area contributed by atoms with Gasteiger partial charge in [-0.25, -0.2) is 4.79 Å². The lowest BCUT2D eigenvalue weighted by molar-refractivity contribution is -0.121. The number of carbonyl (C=O) groups excluding carboxylic acids is 2. The number of likely N-dealkylation sites (tertiary alicyclic amines) is 1. The summed E-state index contributed by atoms with van der Waals surface area (Å²) >= 11 is 0. The minimum atomic E-state index is -0.458. The second-order valence-corrected chi connectivity index (χ2v) is 7.06. The summed E-state index contributed by atoms with van der Waals surface area (Å²) in [6.07, 6.45) is 3.10. The summed E-state index contributed by atoms with van der Waals surface area (Å²) in [6, 6.07) is 0.222. The first-order valence-electron chi connectivity index (χ1n) is 7.51. The Morgan fingerprint density at radius 1 is 1.15 bits per heavy atom. The Hall–Kier alpha value is -1.26. The van der Waals surface area contributed by atoms with E-state index in [-0.39, 0.29) is 18.0 Å². The SMILES string of the molecule is CC(=O)NC1C2CCCC1CN(C(=O)OC(C)(C)C)C2. The number of piperidine rings is 1. The summed E-state index contributed by atoms with van der Waals surface area (Å²) in [7, 11) is 0. The Kier molecular flexibility index (Phi) is 4.25. The molecular weight excluding hydrogens is 256 g/mol. The first-order valence-corrected chi connectivity index (χ1v) is 7.51. The molecule has 2 atom stereocenters. The number of carbonyl (C=O) groups is 2. The summed E-state index contributed by atoms with van der Waals surface area (Å²) in [6.45, 7) is 8.60. The van der Waals surface area contributed by atoms with Crippen LogP contribution < -0.4 is 5.32 Å². The molecule has 2 fully saturated rings. The van der Waals surface area contributed by atoms with E-state index >= 15 is 0 Å². The molecule has 2 aliphatic rings. The van der Waals surface area contributed by atoms with Crippen molar-refractivity contribution in [2.75, 3.05) is 13.1 Å². The maximum absolute atomic E-state index is 12.2. The molecule has 0 aromatic carbocycles. The van der Waals surface area contributed by atoms with E-state index in [0.717, 1.165) is 12.8 Å². The summed E-state index contributed by atoms with van der Waals surface area (Å²) in [5.41, 5.74) is -0.458. The molecule has 0 spiro atoms. The van der Waals surface area contributed by atoms with E-state index in [1.54, 1.807) is 6.92 Å². The molecule has 1 saturated carbocycles. The zero-order chi connectivity index (χ0) is 14.9. The third-order valence-electron chi connectivity index (χ3n) is 4.10. The minimum absolute atomic E-state index is 0.0256. The molecule has 20 heavy (non-hydrogen) atoms. The van der Waals surface area contributed by atoms with Gasteiger partial charge in [-0.2, -0.15) is 0 Å². The van der Waals surface area contributed by atoms with Crippen LogP contribution in [0.3, 0.4) is 0 Å². The normalized spacial score (nSPS) is 29.8. The van der Waals surface area contributed by atoms with Crippen molar-refractivity contribution in [2.24, 2.45) is 11.8 Å². The van der Waals surface area contributed by atoms with Gasteiger partial charge in [0.25, 0.3) is 0 Å². The lowest BCUT2D eigenvalue weighted by atomic mass is 9.73. The van der Waals surface area contributed by atoms with E-state index in [2.05, 4.69) is 5.32 Å². The predicted octanol–water partition coefficient (Wildman–Crippen LogP) is 2.16. The van der Waals surface area contributed by atoms with Gasteiger partial charge < -0.3 is 15.0 Å². The number of ether oxygens (including phenoxy) is 1. The van der Waals surface area contributed by atoms with E-state index in [1.807, 2.05) is 25.7 Å². The van der Waals surface area contributed by atoms with Crippen molar-refractivity contribution >= 4 is 12.0 Å². The van der Waals surface area contributed by atoms with E-state index < -0.39 is 5.60 Å². The highest BCUT2D eigenvalue weighted by Crippen LogP contribution is 2.35. The molecule has 1 aliphatic heterocycles. The van der Waals surface area contributed by atoms with Crippen molar-refractivity contribution in [3.63, 3.8) is 0 Å². The monoisotopic (exact) mass is 282 g/mol. The van der Waals surface area contributed by atoms with Gasteiger partial charge in [-0.1, -0.05) is 6.42 Å². The number of hydrogen-bond acceptors (Lipinski definition) is 3. The molecule has 5 nitrogen and oxygen atoms in total. The maximum atomic E-state index is 12.2. The highest BCUT2D eigenvalue weighted by atomic mass is 16.6. The van der Waals surface area contributed by atoms with Gasteiger partial charge in [0.15, 0.2) is 0 Å². The van der Waals surface area contributed by atoms with E-state index in [4.69, 9.17) is 4.74 Å². The van der Waals surface area contributed by atoms with Crippen molar-refractivity contribution in [2.45, 2.75) is 58.6 Å². The fraction of sp³-hybridized carbons (Fsp3) is 0.867. The lowest BCUT2D eigenvalue weighted by Gasteiger charge is -2.47. The van der Waals surface area contributed by atoms with Crippen LogP contribution in [0.15, 0.2) is 0 Å². The first kappa shape index (κ1) is 15.1. The highest BCUT2D eigenvalue weighted by Gasteiger charge is 2.42. The third kappa shape index (κ3) is 3.64. The van der Waals surface area contributed by atoms with Crippen LogP contribution in [0.4, 0.5) is 4.79 Å². The van der Waals surface area contributed by atoms with Crippen LogP contribution in [0, 0.1) is 11.8 Å². The smallest absolute Gasteiger partial charge is 0.410 e. The molecule has 1 aliphatic carbocycles. The first-order chi connectivity index (χ1) is 9.26. The van der Waals surface area contributed by atoms with Crippen LogP contribution in [0.1, 0.15) is 47.0 Å².